The van der Waals surface area contributed by atoms with Gasteiger partial charge in [0.05, 0.1) is 5.52 Å². The summed E-state index contributed by atoms with van der Waals surface area (Å²) in [6, 6.07) is 17.3. The molecule has 3 nitrogen and oxygen atoms in total. The third-order valence-electron chi connectivity index (χ3n) is 5.52. The Labute approximate surface area is 191 Å². The topological polar surface area (TPSA) is 31.2 Å². The molecule has 4 heteroatoms. The molecular formula is C27H35NO2S. The molecule has 0 aliphatic heterocycles. The standard InChI is InChI=1S/C27H35NO2S/c1-18(19-9-11-21(12-10-19)26(2,3)4)15-22-16-20-17-23(31-8)13-14-24(20)28(22)25(29)30-27(5,6)7/h9-14,16-18H,15H2,1-8H3. The first-order valence-corrected chi connectivity index (χ1v) is 12.1. The molecule has 0 fully saturated rings. The summed E-state index contributed by atoms with van der Waals surface area (Å²) >= 11 is 1.71. The Morgan fingerprint density at radius 1 is 1.00 bits per heavy atom. The Kier molecular flexibility index (Phi) is 6.61. The minimum atomic E-state index is -0.543. The van der Waals surface area contributed by atoms with E-state index in [2.05, 4.69) is 76.4 Å². The third kappa shape index (κ3) is 5.54. The van der Waals surface area contributed by atoms with Crippen LogP contribution < -0.4 is 0 Å². The zero-order valence-corrected chi connectivity index (χ0v) is 20.9. The van der Waals surface area contributed by atoms with Gasteiger partial charge in [0, 0.05) is 16.0 Å². The fourth-order valence-electron chi connectivity index (χ4n) is 3.79. The Hall–Kier alpha value is -2.20. The zero-order chi connectivity index (χ0) is 23.0. The van der Waals surface area contributed by atoms with Crippen molar-refractivity contribution in [1.29, 1.82) is 0 Å². The first-order valence-electron chi connectivity index (χ1n) is 10.9. The Morgan fingerprint density at radius 3 is 2.19 bits per heavy atom. The molecule has 1 aromatic heterocycles. The lowest BCUT2D eigenvalue weighted by atomic mass is 9.85. The molecule has 0 aliphatic rings. The van der Waals surface area contributed by atoms with Crippen LogP contribution in [0.3, 0.4) is 0 Å². The van der Waals surface area contributed by atoms with Gasteiger partial charge in [-0.15, -0.1) is 11.8 Å². The maximum atomic E-state index is 13.1. The van der Waals surface area contributed by atoms with Gasteiger partial charge in [0.2, 0.25) is 0 Å². The van der Waals surface area contributed by atoms with Gasteiger partial charge in [-0.3, -0.25) is 0 Å². The average Bonchev–Trinajstić information content (AvgIpc) is 3.02. The van der Waals surface area contributed by atoms with Crippen LogP contribution in [-0.4, -0.2) is 22.5 Å². The molecule has 0 saturated heterocycles. The molecule has 2 aromatic carbocycles. The van der Waals surface area contributed by atoms with Gasteiger partial charge in [0.15, 0.2) is 0 Å². The fourth-order valence-corrected chi connectivity index (χ4v) is 4.24. The van der Waals surface area contributed by atoms with Crippen molar-refractivity contribution in [1.82, 2.24) is 4.57 Å². The zero-order valence-electron chi connectivity index (χ0n) is 20.1. The monoisotopic (exact) mass is 437 g/mol. The number of nitrogens with zero attached hydrogens (tertiary/aromatic N) is 1. The van der Waals surface area contributed by atoms with Crippen molar-refractivity contribution in [2.75, 3.05) is 6.26 Å². The second kappa shape index (κ2) is 8.74. The van der Waals surface area contributed by atoms with Crippen LogP contribution in [0.25, 0.3) is 10.9 Å². The predicted octanol–water partition coefficient (Wildman–Crippen LogP) is 7.79. The van der Waals surface area contributed by atoms with Gasteiger partial charge in [0.25, 0.3) is 0 Å². The number of carbonyl (C=O) groups excluding carboxylic acids is 1. The molecule has 0 radical (unpaired) electrons. The van der Waals surface area contributed by atoms with E-state index in [4.69, 9.17) is 4.74 Å². The Morgan fingerprint density at radius 2 is 1.65 bits per heavy atom. The summed E-state index contributed by atoms with van der Waals surface area (Å²) in [6.07, 6.45) is 2.51. The maximum Gasteiger partial charge on any atom is 0.419 e. The van der Waals surface area contributed by atoms with Crippen molar-refractivity contribution >= 4 is 28.8 Å². The molecule has 31 heavy (non-hydrogen) atoms. The van der Waals surface area contributed by atoms with Crippen molar-refractivity contribution in [3.63, 3.8) is 0 Å². The van der Waals surface area contributed by atoms with Crippen LogP contribution in [0.5, 0.6) is 0 Å². The number of benzene rings is 2. The van der Waals surface area contributed by atoms with Crippen LogP contribution in [0.1, 0.15) is 71.2 Å². The highest BCUT2D eigenvalue weighted by molar-refractivity contribution is 7.98. The number of carbonyl (C=O) groups is 1. The number of ether oxygens (including phenoxy) is 1. The number of fused-ring (bicyclic) bond motifs is 1. The molecule has 0 bridgehead atoms. The van der Waals surface area contributed by atoms with Crippen molar-refractivity contribution in [3.8, 4) is 0 Å². The molecule has 0 aliphatic carbocycles. The highest BCUT2D eigenvalue weighted by Gasteiger charge is 2.23. The van der Waals surface area contributed by atoms with E-state index in [-0.39, 0.29) is 17.4 Å². The van der Waals surface area contributed by atoms with Crippen molar-refractivity contribution < 1.29 is 9.53 Å². The van der Waals surface area contributed by atoms with E-state index in [1.807, 2.05) is 26.8 Å². The molecule has 0 amide bonds. The quantitative estimate of drug-likeness (QED) is 0.390. The van der Waals surface area contributed by atoms with Crippen LogP contribution in [0.15, 0.2) is 53.4 Å². The van der Waals surface area contributed by atoms with E-state index in [1.165, 1.54) is 16.0 Å². The number of hydrogen-bond acceptors (Lipinski definition) is 3. The largest absolute Gasteiger partial charge is 0.443 e. The Bertz CT molecular complexity index is 1070. The molecule has 1 unspecified atom stereocenters. The summed E-state index contributed by atoms with van der Waals surface area (Å²) in [5, 5.41) is 1.07. The minimum Gasteiger partial charge on any atom is -0.443 e. The normalized spacial score (nSPS) is 13.4. The Balaban J connectivity index is 1.98. The lowest BCUT2D eigenvalue weighted by molar-refractivity contribution is 0.0540. The van der Waals surface area contributed by atoms with E-state index in [9.17, 15) is 4.79 Å². The molecule has 3 rings (SSSR count). The fraction of sp³-hybridized carbons (Fsp3) is 0.444. The molecule has 1 atom stereocenters. The molecule has 0 spiro atoms. The molecule has 1 heterocycles. The van der Waals surface area contributed by atoms with E-state index in [0.717, 1.165) is 23.0 Å². The average molecular weight is 438 g/mol. The highest BCUT2D eigenvalue weighted by Crippen LogP contribution is 2.30. The van der Waals surface area contributed by atoms with Crippen LogP contribution in [0.4, 0.5) is 4.79 Å². The van der Waals surface area contributed by atoms with Crippen LogP contribution in [0, 0.1) is 0 Å². The van der Waals surface area contributed by atoms with Gasteiger partial charge in [-0.1, -0.05) is 52.0 Å². The maximum absolute atomic E-state index is 13.1. The van der Waals surface area contributed by atoms with Gasteiger partial charge in [0.1, 0.15) is 5.60 Å². The first-order chi connectivity index (χ1) is 14.4. The lowest BCUT2D eigenvalue weighted by Gasteiger charge is -2.22. The van der Waals surface area contributed by atoms with Crippen molar-refractivity contribution in [2.24, 2.45) is 0 Å². The predicted molar refractivity (Wildman–Crippen MR) is 133 cm³/mol. The second-order valence-electron chi connectivity index (χ2n) is 10.4. The van der Waals surface area contributed by atoms with Gasteiger partial charge < -0.3 is 4.74 Å². The summed E-state index contributed by atoms with van der Waals surface area (Å²) in [5.41, 5.74) is 4.08. The number of aromatic nitrogens is 1. The minimum absolute atomic E-state index is 0.139. The molecule has 0 saturated carbocycles. The van der Waals surface area contributed by atoms with Crippen molar-refractivity contribution in [3.05, 3.63) is 65.4 Å². The summed E-state index contributed by atoms with van der Waals surface area (Å²) in [6.45, 7) is 14.6. The van der Waals surface area contributed by atoms with Crippen LogP contribution >= 0.6 is 11.8 Å². The smallest absolute Gasteiger partial charge is 0.419 e. The number of rotatable bonds is 4. The highest BCUT2D eigenvalue weighted by atomic mass is 32.2. The van der Waals surface area contributed by atoms with E-state index >= 15 is 0 Å². The van der Waals surface area contributed by atoms with Gasteiger partial charge in [-0.25, -0.2) is 9.36 Å². The SMILES string of the molecule is CSc1ccc2c(c1)cc(CC(C)c1ccc(C(C)(C)C)cc1)n2C(=O)OC(C)(C)C. The second-order valence-corrected chi connectivity index (χ2v) is 11.2. The summed E-state index contributed by atoms with van der Waals surface area (Å²) in [7, 11) is 0. The lowest BCUT2D eigenvalue weighted by Crippen LogP contribution is -2.28. The summed E-state index contributed by atoms with van der Waals surface area (Å²) < 4.78 is 7.50. The van der Waals surface area contributed by atoms with Crippen LogP contribution in [-0.2, 0) is 16.6 Å². The van der Waals surface area contributed by atoms with Gasteiger partial charge in [-0.05, 0) is 80.2 Å². The summed E-state index contributed by atoms with van der Waals surface area (Å²) in [5.74, 6) is 0.277. The molecule has 166 valence electrons. The van der Waals surface area contributed by atoms with Crippen LogP contribution in [0.2, 0.25) is 0 Å². The van der Waals surface area contributed by atoms with Gasteiger partial charge in [-0.2, -0.15) is 0 Å². The molecule has 3 aromatic rings. The summed E-state index contributed by atoms with van der Waals surface area (Å²) in [4.78, 5) is 14.3. The van der Waals surface area contributed by atoms with Gasteiger partial charge >= 0.3 is 6.09 Å². The number of thioether (sulfide) groups is 1. The first kappa shape index (κ1) is 23.5. The molecule has 0 N–H and O–H groups in total. The number of hydrogen-bond donors (Lipinski definition) is 0. The van der Waals surface area contributed by atoms with E-state index in [1.54, 1.807) is 16.3 Å². The van der Waals surface area contributed by atoms with E-state index < -0.39 is 5.60 Å². The van der Waals surface area contributed by atoms with Crippen molar-refractivity contribution in [2.45, 2.75) is 76.7 Å². The molecular weight excluding hydrogens is 402 g/mol. The van der Waals surface area contributed by atoms with E-state index in [0.29, 0.717) is 0 Å². The third-order valence-corrected chi connectivity index (χ3v) is 6.25.